The summed E-state index contributed by atoms with van der Waals surface area (Å²) < 4.78 is 37.1. The number of nitrogens with two attached hydrogens (primary N) is 1. The van der Waals surface area contributed by atoms with Crippen molar-refractivity contribution in [1.82, 2.24) is 4.98 Å². The van der Waals surface area contributed by atoms with Crippen molar-refractivity contribution in [3.05, 3.63) is 59.9 Å². The summed E-state index contributed by atoms with van der Waals surface area (Å²) in [5.41, 5.74) is 5.51. The van der Waals surface area contributed by atoms with Gasteiger partial charge in [0.1, 0.15) is 11.7 Å². The summed E-state index contributed by atoms with van der Waals surface area (Å²) >= 11 is 0. The largest absolute Gasteiger partial charge is 0.433 e. The van der Waals surface area contributed by atoms with E-state index in [0.717, 1.165) is 18.3 Å². The number of carbonyl (C=O) groups excluding carboxylic acids is 1. The van der Waals surface area contributed by atoms with Gasteiger partial charge in [-0.25, -0.2) is 4.98 Å². The molecular weight excluding hydrogens is 283 g/mol. The lowest BCUT2D eigenvalue weighted by molar-refractivity contribution is -0.141. The van der Waals surface area contributed by atoms with E-state index in [-0.39, 0.29) is 5.69 Å². The molecule has 0 fully saturated rings. The molecule has 0 bridgehead atoms. The van der Waals surface area contributed by atoms with E-state index >= 15 is 0 Å². The van der Waals surface area contributed by atoms with Gasteiger partial charge in [-0.05, 0) is 17.7 Å². The van der Waals surface area contributed by atoms with E-state index in [4.69, 9.17) is 5.73 Å². The van der Waals surface area contributed by atoms with Crippen LogP contribution in [-0.4, -0.2) is 10.9 Å². The number of hydrogen-bond acceptors (Lipinski definition) is 3. The van der Waals surface area contributed by atoms with Crippen molar-refractivity contribution in [3.63, 3.8) is 0 Å². The fourth-order valence-corrected chi connectivity index (χ4v) is 1.67. The smallest absolute Gasteiger partial charge is 0.323 e. The molecule has 7 heteroatoms. The summed E-state index contributed by atoms with van der Waals surface area (Å²) in [5.74, 6) is -0.525. The molecule has 1 amide bonds. The molecule has 3 N–H and O–H groups in total. The van der Waals surface area contributed by atoms with Crippen LogP contribution in [0.2, 0.25) is 0 Å². The van der Waals surface area contributed by atoms with Crippen molar-refractivity contribution >= 4 is 11.6 Å². The molecule has 0 spiro atoms. The lowest BCUT2D eigenvalue weighted by Gasteiger charge is -2.13. The standard InChI is InChI=1S/C14H12F3N3O/c15-14(16,17)11-7-6-10(8-19-11)20-13(21)12(18)9-4-2-1-3-5-9/h1-8,12H,18H2,(H,20,21). The lowest BCUT2D eigenvalue weighted by Crippen LogP contribution is -2.27. The SMILES string of the molecule is NC(C(=O)Nc1ccc(C(F)(F)F)nc1)c1ccccc1. The molecule has 4 nitrogen and oxygen atoms in total. The summed E-state index contributed by atoms with van der Waals surface area (Å²) in [5, 5.41) is 2.43. The molecule has 0 saturated carbocycles. The van der Waals surface area contributed by atoms with E-state index in [9.17, 15) is 18.0 Å². The second-order valence-corrected chi connectivity index (χ2v) is 4.31. The molecule has 1 atom stereocenters. The van der Waals surface area contributed by atoms with Gasteiger partial charge in [0.25, 0.3) is 0 Å². The molecule has 110 valence electrons. The van der Waals surface area contributed by atoms with Gasteiger partial charge in [-0.15, -0.1) is 0 Å². The summed E-state index contributed by atoms with van der Waals surface area (Å²) in [4.78, 5) is 15.2. The van der Waals surface area contributed by atoms with Crippen molar-refractivity contribution in [1.29, 1.82) is 0 Å². The minimum Gasteiger partial charge on any atom is -0.323 e. The predicted octanol–water partition coefficient (Wildman–Crippen LogP) is 2.74. The molecule has 21 heavy (non-hydrogen) atoms. The number of halogens is 3. The lowest BCUT2D eigenvalue weighted by atomic mass is 10.1. The third-order valence-electron chi connectivity index (χ3n) is 2.76. The van der Waals surface area contributed by atoms with Crippen LogP contribution in [0.5, 0.6) is 0 Å². The Balaban J connectivity index is 2.06. The van der Waals surface area contributed by atoms with Crippen molar-refractivity contribution < 1.29 is 18.0 Å². The van der Waals surface area contributed by atoms with Crippen LogP contribution in [0.1, 0.15) is 17.3 Å². The average Bonchev–Trinajstić information content (AvgIpc) is 2.47. The van der Waals surface area contributed by atoms with Crippen molar-refractivity contribution in [2.75, 3.05) is 5.32 Å². The minimum absolute atomic E-state index is 0.152. The monoisotopic (exact) mass is 295 g/mol. The number of carbonyl (C=O) groups is 1. The Morgan fingerprint density at radius 1 is 1.14 bits per heavy atom. The first kappa shape index (κ1) is 15.0. The first-order chi connectivity index (χ1) is 9.88. The van der Waals surface area contributed by atoms with Gasteiger partial charge in [-0.2, -0.15) is 13.2 Å². The van der Waals surface area contributed by atoms with E-state index in [0.29, 0.717) is 5.56 Å². The van der Waals surface area contributed by atoms with Gasteiger partial charge in [-0.3, -0.25) is 4.79 Å². The van der Waals surface area contributed by atoms with Crippen LogP contribution in [0.3, 0.4) is 0 Å². The highest BCUT2D eigenvalue weighted by molar-refractivity contribution is 5.95. The van der Waals surface area contributed by atoms with E-state index < -0.39 is 23.8 Å². The zero-order chi connectivity index (χ0) is 15.5. The van der Waals surface area contributed by atoms with Gasteiger partial charge in [0, 0.05) is 0 Å². The van der Waals surface area contributed by atoms with E-state index in [2.05, 4.69) is 10.3 Å². The normalized spacial score (nSPS) is 12.8. The molecule has 1 heterocycles. The number of rotatable bonds is 3. The highest BCUT2D eigenvalue weighted by Crippen LogP contribution is 2.27. The van der Waals surface area contributed by atoms with Crippen LogP contribution in [0.15, 0.2) is 48.7 Å². The molecule has 1 aromatic heterocycles. The van der Waals surface area contributed by atoms with E-state index in [1.54, 1.807) is 30.3 Å². The first-order valence-corrected chi connectivity index (χ1v) is 6.02. The van der Waals surface area contributed by atoms with Crippen LogP contribution in [0.4, 0.5) is 18.9 Å². The Bertz CT molecular complexity index is 612. The summed E-state index contributed by atoms with van der Waals surface area (Å²) in [6.07, 6.45) is -3.57. The summed E-state index contributed by atoms with van der Waals surface area (Å²) in [6, 6.07) is 9.66. The molecule has 0 aliphatic heterocycles. The molecular formula is C14H12F3N3O. The number of nitrogens with zero attached hydrogens (tertiary/aromatic N) is 1. The van der Waals surface area contributed by atoms with Gasteiger partial charge in [0.15, 0.2) is 0 Å². The molecule has 1 unspecified atom stereocenters. The number of nitrogens with one attached hydrogen (secondary N) is 1. The maximum Gasteiger partial charge on any atom is 0.433 e. The highest BCUT2D eigenvalue weighted by Gasteiger charge is 2.32. The molecule has 0 aliphatic rings. The second-order valence-electron chi connectivity index (χ2n) is 4.31. The number of alkyl halides is 3. The fourth-order valence-electron chi connectivity index (χ4n) is 1.67. The first-order valence-electron chi connectivity index (χ1n) is 6.02. The number of pyridine rings is 1. The van der Waals surface area contributed by atoms with Crippen LogP contribution >= 0.6 is 0 Å². The third-order valence-corrected chi connectivity index (χ3v) is 2.76. The van der Waals surface area contributed by atoms with Crippen molar-refractivity contribution in [2.24, 2.45) is 5.73 Å². The van der Waals surface area contributed by atoms with Crippen LogP contribution in [0.25, 0.3) is 0 Å². The van der Waals surface area contributed by atoms with Crippen molar-refractivity contribution in [2.45, 2.75) is 12.2 Å². The van der Waals surface area contributed by atoms with E-state index in [1.807, 2.05) is 0 Å². The van der Waals surface area contributed by atoms with Gasteiger partial charge in [0.2, 0.25) is 5.91 Å². The number of amides is 1. The topological polar surface area (TPSA) is 68.0 Å². The molecule has 0 saturated heterocycles. The van der Waals surface area contributed by atoms with Gasteiger partial charge >= 0.3 is 6.18 Å². The van der Waals surface area contributed by atoms with Crippen LogP contribution < -0.4 is 11.1 Å². The Morgan fingerprint density at radius 3 is 2.33 bits per heavy atom. The number of anilines is 1. The predicted molar refractivity (Wildman–Crippen MR) is 71.2 cm³/mol. The number of hydrogen-bond donors (Lipinski definition) is 2. The van der Waals surface area contributed by atoms with E-state index in [1.165, 1.54) is 0 Å². The quantitative estimate of drug-likeness (QED) is 0.915. The zero-order valence-corrected chi connectivity index (χ0v) is 10.8. The highest BCUT2D eigenvalue weighted by atomic mass is 19.4. The van der Waals surface area contributed by atoms with Crippen LogP contribution in [-0.2, 0) is 11.0 Å². The summed E-state index contributed by atoms with van der Waals surface area (Å²) in [7, 11) is 0. The van der Waals surface area contributed by atoms with Gasteiger partial charge < -0.3 is 11.1 Å². The summed E-state index contributed by atoms with van der Waals surface area (Å²) in [6.45, 7) is 0. The second kappa shape index (κ2) is 5.92. The van der Waals surface area contributed by atoms with Crippen LogP contribution in [0, 0.1) is 0 Å². The van der Waals surface area contributed by atoms with Gasteiger partial charge in [0.05, 0.1) is 11.9 Å². The van der Waals surface area contributed by atoms with Crippen molar-refractivity contribution in [3.8, 4) is 0 Å². The number of aromatic nitrogens is 1. The maximum absolute atomic E-state index is 12.4. The zero-order valence-electron chi connectivity index (χ0n) is 10.8. The average molecular weight is 295 g/mol. The molecule has 2 aromatic rings. The fraction of sp³-hybridized carbons (Fsp3) is 0.143. The Kier molecular flexibility index (Phi) is 4.23. The Morgan fingerprint density at radius 2 is 1.81 bits per heavy atom. The molecule has 2 rings (SSSR count). The third kappa shape index (κ3) is 3.79. The Labute approximate surface area is 118 Å². The maximum atomic E-state index is 12.4. The number of benzene rings is 1. The Hall–Kier alpha value is -2.41. The van der Waals surface area contributed by atoms with Gasteiger partial charge in [-0.1, -0.05) is 30.3 Å². The molecule has 0 aliphatic carbocycles. The minimum atomic E-state index is -4.51. The molecule has 1 aromatic carbocycles. The molecule has 0 radical (unpaired) electrons.